The zero-order valence-corrected chi connectivity index (χ0v) is 13.4. The maximum Gasteiger partial charge on any atom is 0.226 e. The number of phenolic OH excluding ortho intramolecular Hbond substituents is 1. The number of phenols is 1. The molecule has 22 heavy (non-hydrogen) atoms. The standard InChI is InChI=1S/C15H19N3O3S/c1-3-4-5-6-13(20)16-15-18-17-14(22-15)10-7-8-11(19)12(9-10)21-2/h7-9,19H,3-6H2,1-2H3,(H,16,18,20). The predicted molar refractivity (Wildman–Crippen MR) is 86.3 cm³/mol. The second kappa shape index (κ2) is 7.74. The Hall–Kier alpha value is -2.15. The van der Waals surface area contributed by atoms with Gasteiger partial charge >= 0.3 is 0 Å². The summed E-state index contributed by atoms with van der Waals surface area (Å²) in [6.07, 6.45) is 3.50. The number of carbonyl (C=O) groups is 1. The number of aromatic hydroxyl groups is 1. The van der Waals surface area contributed by atoms with Gasteiger partial charge in [0, 0.05) is 12.0 Å². The van der Waals surface area contributed by atoms with Crippen LogP contribution in [0, 0.1) is 0 Å². The molecule has 0 spiro atoms. The molecule has 2 rings (SSSR count). The minimum atomic E-state index is -0.0422. The van der Waals surface area contributed by atoms with Gasteiger partial charge < -0.3 is 15.2 Å². The van der Waals surface area contributed by atoms with Gasteiger partial charge in [0.25, 0.3) is 0 Å². The number of hydrogen-bond acceptors (Lipinski definition) is 6. The van der Waals surface area contributed by atoms with Crippen LogP contribution in [0.2, 0.25) is 0 Å². The van der Waals surface area contributed by atoms with Gasteiger partial charge in [-0.1, -0.05) is 31.1 Å². The van der Waals surface area contributed by atoms with Gasteiger partial charge in [-0.2, -0.15) is 0 Å². The summed E-state index contributed by atoms with van der Waals surface area (Å²) in [6.45, 7) is 2.10. The zero-order chi connectivity index (χ0) is 15.9. The van der Waals surface area contributed by atoms with Crippen LogP contribution in [0.3, 0.4) is 0 Å². The summed E-state index contributed by atoms with van der Waals surface area (Å²) in [5.74, 6) is 0.400. The monoisotopic (exact) mass is 321 g/mol. The van der Waals surface area contributed by atoms with Gasteiger partial charge in [-0.15, -0.1) is 10.2 Å². The summed E-state index contributed by atoms with van der Waals surface area (Å²) < 4.78 is 5.07. The van der Waals surface area contributed by atoms with E-state index in [2.05, 4.69) is 22.4 Å². The average Bonchev–Trinajstić information content (AvgIpc) is 2.96. The van der Waals surface area contributed by atoms with E-state index in [1.54, 1.807) is 18.2 Å². The molecule has 0 bridgehead atoms. The Bertz CT molecular complexity index is 643. The van der Waals surface area contributed by atoms with Gasteiger partial charge in [0.1, 0.15) is 5.01 Å². The molecular weight excluding hydrogens is 302 g/mol. The number of anilines is 1. The Morgan fingerprint density at radius 2 is 2.18 bits per heavy atom. The maximum atomic E-state index is 11.8. The Morgan fingerprint density at radius 3 is 2.91 bits per heavy atom. The van der Waals surface area contributed by atoms with E-state index in [0.29, 0.717) is 22.3 Å². The van der Waals surface area contributed by atoms with Crippen molar-refractivity contribution in [1.29, 1.82) is 0 Å². The number of benzene rings is 1. The van der Waals surface area contributed by atoms with Gasteiger partial charge in [0.05, 0.1) is 7.11 Å². The molecule has 0 radical (unpaired) electrons. The second-order valence-corrected chi connectivity index (χ2v) is 5.78. The summed E-state index contributed by atoms with van der Waals surface area (Å²) in [7, 11) is 1.49. The van der Waals surface area contributed by atoms with E-state index in [1.807, 2.05) is 0 Å². The van der Waals surface area contributed by atoms with Crippen LogP contribution in [-0.4, -0.2) is 28.3 Å². The maximum absolute atomic E-state index is 11.8. The molecule has 0 aliphatic carbocycles. The van der Waals surface area contributed by atoms with Crippen molar-refractivity contribution >= 4 is 22.4 Å². The first-order valence-corrected chi connectivity index (χ1v) is 7.96. The van der Waals surface area contributed by atoms with Crippen LogP contribution < -0.4 is 10.1 Å². The average molecular weight is 321 g/mol. The largest absolute Gasteiger partial charge is 0.504 e. The van der Waals surface area contributed by atoms with E-state index in [9.17, 15) is 9.90 Å². The number of carbonyl (C=O) groups excluding carboxylic acids is 1. The molecule has 2 aromatic rings. The van der Waals surface area contributed by atoms with Crippen molar-refractivity contribution in [2.45, 2.75) is 32.6 Å². The summed E-state index contributed by atoms with van der Waals surface area (Å²) in [5.41, 5.74) is 0.777. The van der Waals surface area contributed by atoms with E-state index in [0.717, 1.165) is 24.8 Å². The molecular formula is C15H19N3O3S. The molecule has 0 unspecified atom stereocenters. The first-order valence-electron chi connectivity index (χ1n) is 7.14. The smallest absolute Gasteiger partial charge is 0.226 e. The number of ether oxygens (including phenoxy) is 1. The highest BCUT2D eigenvalue weighted by Gasteiger charge is 2.11. The number of nitrogens with zero attached hydrogens (tertiary/aromatic N) is 2. The zero-order valence-electron chi connectivity index (χ0n) is 12.6. The van der Waals surface area contributed by atoms with E-state index in [4.69, 9.17) is 4.74 Å². The highest BCUT2D eigenvalue weighted by atomic mass is 32.1. The number of nitrogens with one attached hydrogen (secondary N) is 1. The highest BCUT2D eigenvalue weighted by molar-refractivity contribution is 7.18. The molecule has 1 amide bonds. The third-order valence-electron chi connectivity index (χ3n) is 3.11. The van der Waals surface area contributed by atoms with Crippen molar-refractivity contribution in [2.75, 3.05) is 12.4 Å². The van der Waals surface area contributed by atoms with Gasteiger partial charge in [-0.3, -0.25) is 4.79 Å². The SMILES string of the molecule is CCCCCC(=O)Nc1nnc(-c2ccc(O)c(OC)c2)s1. The van der Waals surface area contributed by atoms with Crippen LogP contribution in [0.1, 0.15) is 32.6 Å². The first-order chi connectivity index (χ1) is 10.6. The Balaban J connectivity index is 2.03. The fourth-order valence-electron chi connectivity index (χ4n) is 1.92. The molecule has 0 aliphatic heterocycles. The quantitative estimate of drug-likeness (QED) is 0.763. The lowest BCUT2D eigenvalue weighted by Gasteiger charge is -2.04. The minimum absolute atomic E-state index is 0.0422. The van der Waals surface area contributed by atoms with Crippen LogP contribution >= 0.6 is 11.3 Å². The van der Waals surface area contributed by atoms with Crippen molar-refractivity contribution in [3.8, 4) is 22.1 Å². The van der Waals surface area contributed by atoms with Gasteiger partial charge in [0.15, 0.2) is 11.5 Å². The summed E-state index contributed by atoms with van der Waals surface area (Å²) in [4.78, 5) is 11.8. The molecule has 1 aromatic carbocycles. The Morgan fingerprint density at radius 1 is 1.36 bits per heavy atom. The summed E-state index contributed by atoms with van der Waals surface area (Å²) in [6, 6.07) is 4.95. The highest BCUT2D eigenvalue weighted by Crippen LogP contribution is 2.33. The molecule has 2 N–H and O–H groups in total. The van der Waals surface area contributed by atoms with Crippen LogP contribution in [-0.2, 0) is 4.79 Å². The van der Waals surface area contributed by atoms with Gasteiger partial charge in [-0.25, -0.2) is 0 Å². The van der Waals surface area contributed by atoms with Crippen LogP contribution in [0.4, 0.5) is 5.13 Å². The van der Waals surface area contributed by atoms with E-state index in [-0.39, 0.29) is 11.7 Å². The van der Waals surface area contributed by atoms with Crippen molar-refractivity contribution < 1.29 is 14.6 Å². The molecule has 1 heterocycles. The number of hydrogen-bond donors (Lipinski definition) is 2. The molecule has 0 aliphatic rings. The third kappa shape index (κ3) is 4.17. The van der Waals surface area contributed by atoms with Crippen molar-refractivity contribution in [3.63, 3.8) is 0 Å². The van der Waals surface area contributed by atoms with Gasteiger partial charge in [-0.05, 0) is 24.6 Å². The van der Waals surface area contributed by atoms with Crippen LogP contribution in [0.5, 0.6) is 11.5 Å². The molecule has 0 fully saturated rings. The molecule has 6 nitrogen and oxygen atoms in total. The normalized spacial score (nSPS) is 10.5. The predicted octanol–water partition coefficient (Wildman–Crippen LogP) is 3.44. The first kappa shape index (κ1) is 16.2. The van der Waals surface area contributed by atoms with Gasteiger partial charge in [0.2, 0.25) is 11.0 Å². The van der Waals surface area contributed by atoms with E-state index in [1.165, 1.54) is 18.4 Å². The van der Waals surface area contributed by atoms with E-state index < -0.39 is 0 Å². The molecule has 0 atom stereocenters. The number of amides is 1. The van der Waals surface area contributed by atoms with Crippen molar-refractivity contribution in [1.82, 2.24) is 10.2 Å². The topological polar surface area (TPSA) is 84.3 Å². The van der Waals surface area contributed by atoms with Crippen LogP contribution in [0.15, 0.2) is 18.2 Å². The lowest BCUT2D eigenvalue weighted by molar-refractivity contribution is -0.116. The fraction of sp³-hybridized carbons (Fsp3) is 0.400. The molecule has 1 aromatic heterocycles. The second-order valence-electron chi connectivity index (χ2n) is 4.80. The summed E-state index contributed by atoms with van der Waals surface area (Å²) in [5, 5.41) is 21.5. The number of aromatic nitrogens is 2. The minimum Gasteiger partial charge on any atom is -0.504 e. The van der Waals surface area contributed by atoms with Crippen molar-refractivity contribution in [2.24, 2.45) is 0 Å². The molecule has 0 saturated carbocycles. The lowest BCUT2D eigenvalue weighted by Crippen LogP contribution is -2.10. The Kier molecular flexibility index (Phi) is 5.71. The Labute approximate surface area is 133 Å². The van der Waals surface area contributed by atoms with E-state index >= 15 is 0 Å². The lowest BCUT2D eigenvalue weighted by atomic mass is 10.2. The number of methoxy groups -OCH3 is 1. The van der Waals surface area contributed by atoms with Crippen molar-refractivity contribution in [3.05, 3.63) is 18.2 Å². The fourth-order valence-corrected chi connectivity index (χ4v) is 2.67. The molecule has 0 saturated heterocycles. The summed E-state index contributed by atoms with van der Waals surface area (Å²) >= 11 is 1.29. The third-order valence-corrected chi connectivity index (χ3v) is 3.99. The molecule has 7 heteroatoms. The molecule has 118 valence electrons. The number of rotatable bonds is 7. The number of unbranched alkanes of at least 4 members (excludes halogenated alkanes) is 2. The van der Waals surface area contributed by atoms with Crippen LogP contribution in [0.25, 0.3) is 10.6 Å².